The molecule has 1 aromatic carbocycles. The molecule has 0 radical (unpaired) electrons. The van der Waals surface area contributed by atoms with Crippen molar-refractivity contribution >= 4 is 23.2 Å². The molecule has 1 aliphatic heterocycles. The molecule has 1 aromatic rings. The highest BCUT2D eigenvalue weighted by molar-refractivity contribution is 6.18. The van der Waals surface area contributed by atoms with Crippen LogP contribution in [-0.4, -0.2) is 47.4 Å². The molecule has 108 valence electrons. The Bertz CT molecular complexity index is 540. The van der Waals surface area contributed by atoms with Gasteiger partial charge in [-0.3, -0.25) is 14.9 Å². The minimum atomic E-state index is -0.821. The molecule has 1 fully saturated rings. The summed E-state index contributed by atoms with van der Waals surface area (Å²) in [6.07, 6.45) is 0. The number of amides is 1. The summed E-state index contributed by atoms with van der Waals surface area (Å²) < 4.78 is 18.6. The highest BCUT2D eigenvalue weighted by Gasteiger charge is 2.28. The van der Waals surface area contributed by atoms with E-state index in [1.54, 1.807) is 0 Å². The third-order valence-electron chi connectivity index (χ3n) is 3.01. The normalized spacial score (nSPS) is 18.9. The molecule has 0 spiro atoms. The average molecular weight is 303 g/mol. The molecule has 20 heavy (non-hydrogen) atoms. The van der Waals surface area contributed by atoms with Gasteiger partial charge in [-0.1, -0.05) is 0 Å². The van der Waals surface area contributed by atoms with Gasteiger partial charge in [-0.15, -0.1) is 11.6 Å². The van der Waals surface area contributed by atoms with E-state index in [1.165, 1.54) is 4.90 Å². The third kappa shape index (κ3) is 3.05. The van der Waals surface area contributed by atoms with Gasteiger partial charge >= 0.3 is 0 Å². The first-order valence-electron chi connectivity index (χ1n) is 5.92. The predicted octanol–water partition coefficient (Wildman–Crippen LogP) is 1.81. The minimum absolute atomic E-state index is 0.0614. The van der Waals surface area contributed by atoms with Crippen molar-refractivity contribution in [1.82, 2.24) is 4.90 Å². The summed E-state index contributed by atoms with van der Waals surface area (Å²) in [6.45, 7) is 0.976. The smallest absolute Gasteiger partial charge is 0.273 e. The number of ether oxygens (including phenoxy) is 1. The first kappa shape index (κ1) is 14.7. The number of nitro groups is 1. The first-order chi connectivity index (χ1) is 9.52. The molecule has 0 aliphatic carbocycles. The number of nitro benzene ring substituents is 1. The van der Waals surface area contributed by atoms with Crippen LogP contribution in [0, 0.1) is 15.9 Å². The minimum Gasteiger partial charge on any atom is -0.377 e. The van der Waals surface area contributed by atoms with E-state index in [0.717, 1.165) is 18.2 Å². The van der Waals surface area contributed by atoms with E-state index in [1.807, 2.05) is 0 Å². The van der Waals surface area contributed by atoms with Crippen molar-refractivity contribution in [3.63, 3.8) is 0 Å². The lowest BCUT2D eigenvalue weighted by Crippen LogP contribution is -2.49. The lowest BCUT2D eigenvalue weighted by atomic mass is 10.1. The zero-order valence-corrected chi connectivity index (χ0v) is 11.2. The van der Waals surface area contributed by atoms with Crippen molar-refractivity contribution in [2.45, 2.75) is 6.04 Å². The van der Waals surface area contributed by atoms with Crippen LogP contribution in [0.4, 0.5) is 10.1 Å². The standard InChI is InChI=1S/C12H12ClFN2O4/c13-6-11-7-20-2-1-15(11)12(17)8-3-9(14)5-10(4-8)16(18)19/h3-5,11H,1-2,6-7H2. The van der Waals surface area contributed by atoms with E-state index >= 15 is 0 Å². The third-order valence-corrected chi connectivity index (χ3v) is 3.36. The lowest BCUT2D eigenvalue weighted by Gasteiger charge is -2.34. The van der Waals surface area contributed by atoms with E-state index < -0.39 is 22.3 Å². The largest absolute Gasteiger partial charge is 0.377 e. The maximum atomic E-state index is 13.4. The number of carbonyl (C=O) groups is 1. The van der Waals surface area contributed by atoms with Gasteiger partial charge in [-0.25, -0.2) is 4.39 Å². The van der Waals surface area contributed by atoms with Crippen molar-refractivity contribution in [1.29, 1.82) is 0 Å². The topological polar surface area (TPSA) is 72.7 Å². The Kier molecular flexibility index (Phi) is 4.51. The highest BCUT2D eigenvalue weighted by atomic mass is 35.5. The van der Waals surface area contributed by atoms with Crippen molar-refractivity contribution in [2.75, 3.05) is 25.6 Å². The second kappa shape index (κ2) is 6.15. The van der Waals surface area contributed by atoms with Gasteiger partial charge in [0, 0.05) is 24.1 Å². The molecule has 1 aliphatic rings. The summed E-state index contributed by atoms with van der Waals surface area (Å²) >= 11 is 5.76. The summed E-state index contributed by atoms with van der Waals surface area (Å²) in [7, 11) is 0. The van der Waals surface area contributed by atoms with E-state index in [4.69, 9.17) is 16.3 Å². The van der Waals surface area contributed by atoms with Crippen molar-refractivity contribution < 1.29 is 18.8 Å². The van der Waals surface area contributed by atoms with Crippen LogP contribution in [0.3, 0.4) is 0 Å². The molecule has 1 heterocycles. The molecule has 1 unspecified atom stereocenters. The molecule has 8 heteroatoms. The van der Waals surface area contributed by atoms with Crippen LogP contribution in [-0.2, 0) is 4.74 Å². The zero-order valence-electron chi connectivity index (χ0n) is 10.4. The van der Waals surface area contributed by atoms with Gasteiger partial charge < -0.3 is 9.64 Å². The second-order valence-electron chi connectivity index (χ2n) is 4.34. The van der Waals surface area contributed by atoms with E-state index in [0.29, 0.717) is 19.8 Å². The number of halogens is 2. The number of hydrogen-bond acceptors (Lipinski definition) is 4. The molecular formula is C12H12ClFN2O4. The number of non-ortho nitro benzene ring substituents is 1. The maximum absolute atomic E-state index is 13.4. The van der Waals surface area contributed by atoms with Crippen molar-refractivity contribution in [3.8, 4) is 0 Å². The van der Waals surface area contributed by atoms with Gasteiger partial charge in [-0.2, -0.15) is 0 Å². The van der Waals surface area contributed by atoms with Crippen LogP contribution >= 0.6 is 11.6 Å². The summed E-state index contributed by atoms with van der Waals surface area (Å²) in [4.78, 5) is 23.7. The molecule has 0 bridgehead atoms. The van der Waals surface area contributed by atoms with Gasteiger partial charge in [-0.05, 0) is 6.07 Å². The van der Waals surface area contributed by atoms with Crippen LogP contribution in [0.1, 0.15) is 10.4 Å². The van der Waals surface area contributed by atoms with E-state index in [9.17, 15) is 19.3 Å². The predicted molar refractivity (Wildman–Crippen MR) is 69.4 cm³/mol. The number of morpholine rings is 1. The zero-order chi connectivity index (χ0) is 14.7. The van der Waals surface area contributed by atoms with Crippen LogP contribution in [0.15, 0.2) is 18.2 Å². The number of benzene rings is 1. The first-order valence-corrected chi connectivity index (χ1v) is 6.46. The molecule has 1 atom stereocenters. The quantitative estimate of drug-likeness (QED) is 0.485. The summed E-state index contributed by atoms with van der Waals surface area (Å²) in [6, 6.07) is 2.50. The maximum Gasteiger partial charge on any atom is 0.273 e. The molecule has 0 saturated carbocycles. The van der Waals surface area contributed by atoms with Crippen molar-refractivity contribution in [3.05, 3.63) is 39.7 Å². The fourth-order valence-electron chi connectivity index (χ4n) is 2.02. The Balaban J connectivity index is 2.30. The van der Waals surface area contributed by atoms with Crippen LogP contribution in [0.5, 0.6) is 0 Å². The van der Waals surface area contributed by atoms with Crippen molar-refractivity contribution in [2.24, 2.45) is 0 Å². The fourth-order valence-corrected chi connectivity index (χ4v) is 2.27. The highest BCUT2D eigenvalue weighted by Crippen LogP contribution is 2.20. The van der Waals surface area contributed by atoms with Gasteiger partial charge in [0.05, 0.1) is 30.2 Å². The Morgan fingerprint density at radius 1 is 1.55 bits per heavy atom. The van der Waals surface area contributed by atoms with E-state index in [-0.39, 0.29) is 17.5 Å². The summed E-state index contributed by atoms with van der Waals surface area (Å²) in [5, 5.41) is 10.7. The molecule has 6 nitrogen and oxygen atoms in total. The Hall–Kier alpha value is -1.73. The summed E-state index contributed by atoms with van der Waals surface area (Å²) in [5.74, 6) is -1.12. The summed E-state index contributed by atoms with van der Waals surface area (Å²) in [5.41, 5.74) is -0.516. The van der Waals surface area contributed by atoms with Crippen LogP contribution < -0.4 is 0 Å². The number of hydrogen-bond donors (Lipinski definition) is 0. The van der Waals surface area contributed by atoms with Crippen LogP contribution in [0.2, 0.25) is 0 Å². The average Bonchev–Trinajstić information content (AvgIpc) is 2.45. The molecule has 1 saturated heterocycles. The van der Waals surface area contributed by atoms with Gasteiger partial charge in [0.2, 0.25) is 0 Å². The molecular weight excluding hydrogens is 291 g/mol. The number of nitrogens with zero attached hydrogens (tertiary/aromatic N) is 2. The Morgan fingerprint density at radius 2 is 2.30 bits per heavy atom. The van der Waals surface area contributed by atoms with Gasteiger partial charge in [0.15, 0.2) is 0 Å². The molecule has 1 amide bonds. The van der Waals surface area contributed by atoms with E-state index in [2.05, 4.69) is 0 Å². The van der Waals surface area contributed by atoms with Gasteiger partial charge in [0.25, 0.3) is 11.6 Å². The fraction of sp³-hybridized carbons (Fsp3) is 0.417. The van der Waals surface area contributed by atoms with Crippen LogP contribution in [0.25, 0.3) is 0 Å². The Labute approximate surface area is 119 Å². The Morgan fingerprint density at radius 3 is 2.95 bits per heavy atom. The number of carbonyl (C=O) groups excluding carboxylic acids is 1. The lowest BCUT2D eigenvalue weighted by molar-refractivity contribution is -0.385. The number of rotatable bonds is 3. The molecule has 2 rings (SSSR count). The monoisotopic (exact) mass is 302 g/mol. The molecule has 0 N–H and O–H groups in total. The SMILES string of the molecule is O=C(c1cc(F)cc([N+](=O)[O-])c1)N1CCOCC1CCl. The van der Waals surface area contributed by atoms with Gasteiger partial charge in [0.1, 0.15) is 5.82 Å². The number of alkyl halides is 1. The molecule has 0 aromatic heterocycles. The second-order valence-corrected chi connectivity index (χ2v) is 4.65.